The summed E-state index contributed by atoms with van der Waals surface area (Å²) in [5.74, 6) is -2.91. The average Bonchev–Trinajstić information content (AvgIpc) is 2.90. The highest BCUT2D eigenvalue weighted by molar-refractivity contribution is 6.14. The molecule has 2 amide bonds. The van der Waals surface area contributed by atoms with E-state index in [1.54, 1.807) is 24.3 Å². The molecule has 0 unspecified atom stereocenters. The monoisotopic (exact) mass is 478 g/mol. The van der Waals surface area contributed by atoms with E-state index in [4.69, 9.17) is 14.2 Å². The smallest absolute Gasteiger partial charge is 0.339 e. The predicted octanol–water partition coefficient (Wildman–Crippen LogP) is 2.45. The second-order valence-corrected chi connectivity index (χ2v) is 7.29. The lowest BCUT2D eigenvalue weighted by molar-refractivity contribution is -0.125. The zero-order chi connectivity index (χ0) is 24.8. The first kappa shape index (κ1) is 23.4. The van der Waals surface area contributed by atoms with Gasteiger partial charge in [0.2, 0.25) is 0 Å². The molecule has 3 aromatic carbocycles. The normalized spacial score (nSPS) is 11.8. The quantitative estimate of drug-likeness (QED) is 0.317. The zero-order valence-corrected chi connectivity index (χ0v) is 18.2. The largest absolute Gasteiger partial charge is 0.486 e. The van der Waals surface area contributed by atoms with Gasteiger partial charge in [0.1, 0.15) is 19.0 Å². The van der Waals surface area contributed by atoms with Gasteiger partial charge in [0, 0.05) is 11.1 Å². The highest BCUT2D eigenvalue weighted by Crippen LogP contribution is 2.31. The molecule has 0 aliphatic carbocycles. The first-order chi connectivity index (χ1) is 16.9. The summed E-state index contributed by atoms with van der Waals surface area (Å²) in [7, 11) is 0. The molecular formula is C25H19FN2O7. The van der Waals surface area contributed by atoms with E-state index in [0.29, 0.717) is 24.7 Å². The van der Waals surface area contributed by atoms with Crippen LogP contribution in [0.1, 0.15) is 36.6 Å². The van der Waals surface area contributed by atoms with Gasteiger partial charge in [-0.25, -0.2) is 9.18 Å². The molecule has 9 nitrogen and oxygen atoms in total. The molecule has 0 radical (unpaired) electrons. The Labute approximate surface area is 198 Å². The van der Waals surface area contributed by atoms with Gasteiger partial charge < -0.3 is 14.2 Å². The number of amides is 2. The molecule has 1 aliphatic rings. The van der Waals surface area contributed by atoms with Crippen molar-refractivity contribution >= 4 is 23.6 Å². The summed E-state index contributed by atoms with van der Waals surface area (Å²) in [5.41, 5.74) is 4.10. The van der Waals surface area contributed by atoms with Crippen LogP contribution in [0.4, 0.5) is 4.39 Å². The minimum atomic E-state index is -0.915. The number of carbonyl (C=O) groups is 4. The summed E-state index contributed by atoms with van der Waals surface area (Å²) in [6.07, 6.45) is 0. The van der Waals surface area contributed by atoms with Gasteiger partial charge in [-0.05, 0) is 36.4 Å². The molecule has 3 aromatic rings. The maximum absolute atomic E-state index is 13.6. The number of fused-ring (bicyclic) bond motifs is 1. The Morgan fingerprint density at radius 1 is 0.800 bits per heavy atom. The molecule has 0 fully saturated rings. The van der Waals surface area contributed by atoms with Crippen LogP contribution < -0.4 is 20.3 Å². The van der Waals surface area contributed by atoms with Crippen LogP contribution >= 0.6 is 0 Å². The van der Waals surface area contributed by atoms with Gasteiger partial charge in [-0.15, -0.1) is 0 Å². The van der Waals surface area contributed by atoms with E-state index in [9.17, 15) is 23.6 Å². The lowest BCUT2D eigenvalue weighted by Crippen LogP contribution is -2.43. The number of esters is 1. The van der Waals surface area contributed by atoms with Crippen molar-refractivity contribution in [2.45, 2.75) is 0 Å². The van der Waals surface area contributed by atoms with Crippen molar-refractivity contribution in [1.82, 2.24) is 10.9 Å². The fraction of sp³-hybridized carbons (Fsp3) is 0.120. The van der Waals surface area contributed by atoms with Crippen molar-refractivity contribution in [1.29, 1.82) is 0 Å². The topological polar surface area (TPSA) is 120 Å². The number of rotatable bonds is 6. The molecule has 1 aliphatic heterocycles. The van der Waals surface area contributed by atoms with E-state index >= 15 is 0 Å². The van der Waals surface area contributed by atoms with Crippen molar-refractivity contribution in [3.05, 3.63) is 94.8 Å². The Kier molecular flexibility index (Phi) is 7.01. The van der Waals surface area contributed by atoms with Gasteiger partial charge >= 0.3 is 5.97 Å². The maximum Gasteiger partial charge on any atom is 0.339 e. The van der Waals surface area contributed by atoms with E-state index in [1.807, 2.05) is 10.9 Å². The number of nitrogens with one attached hydrogen (secondary N) is 2. The molecule has 0 bridgehead atoms. The Morgan fingerprint density at radius 3 is 2.20 bits per heavy atom. The third kappa shape index (κ3) is 5.44. The van der Waals surface area contributed by atoms with Crippen molar-refractivity contribution in [3.63, 3.8) is 0 Å². The van der Waals surface area contributed by atoms with E-state index < -0.39 is 36.0 Å². The van der Waals surface area contributed by atoms with Gasteiger partial charge in [0.25, 0.3) is 11.8 Å². The highest BCUT2D eigenvalue weighted by atomic mass is 19.1. The minimum absolute atomic E-state index is 0.0458. The fourth-order valence-corrected chi connectivity index (χ4v) is 3.28. The van der Waals surface area contributed by atoms with Gasteiger partial charge in [0.15, 0.2) is 23.9 Å². The van der Waals surface area contributed by atoms with Gasteiger partial charge in [0.05, 0.1) is 11.1 Å². The molecule has 0 saturated carbocycles. The van der Waals surface area contributed by atoms with Crippen molar-refractivity contribution < 1.29 is 37.8 Å². The standard InChI is InChI=1S/C25H19FN2O7/c26-19-8-4-3-7-18(19)24(31)28-27-22(29)14-35-25(32)17-6-2-1-5-16(17)23(30)15-9-10-20-21(13-15)34-12-11-33-20/h1-10,13H,11-12,14H2,(H,27,29)(H,28,31). The van der Waals surface area contributed by atoms with Crippen LogP contribution in [0.15, 0.2) is 66.7 Å². The number of hydrazine groups is 1. The second kappa shape index (κ2) is 10.5. The van der Waals surface area contributed by atoms with E-state index in [2.05, 4.69) is 0 Å². The summed E-state index contributed by atoms with van der Waals surface area (Å²) in [4.78, 5) is 49.6. The summed E-state index contributed by atoms with van der Waals surface area (Å²) in [6.45, 7) is 0.0225. The lowest BCUT2D eigenvalue weighted by Gasteiger charge is -2.18. The summed E-state index contributed by atoms with van der Waals surface area (Å²) in [6, 6.07) is 15.9. The number of benzene rings is 3. The van der Waals surface area contributed by atoms with Crippen LogP contribution in [0.3, 0.4) is 0 Å². The SMILES string of the molecule is O=C(COC(=O)c1ccccc1C(=O)c1ccc2c(c1)OCCO2)NNC(=O)c1ccccc1F. The molecule has 10 heteroatoms. The van der Waals surface area contributed by atoms with E-state index in [0.717, 1.165) is 6.07 Å². The van der Waals surface area contributed by atoms with Crippen LogP contribution in [0.2, 0.25) is 0 Å². The average molecular weight is 478 g/mol. The third-order valence-electron chi connectivity index (χ3n) is 4.96. The number of carbonyl (C=O) groups excluding carboxylic acids is 4. The minimum Gasteiger partial charge on any atom is -0.486 e. The van der Waals surface area contributed by atoms with Crippen molar-refractivity contribution in [3.8, 4) is 11.5 Å². The van der Waals surface area contributed by atoms with Crippen molar-refractivity contribution in [2.24, 2.45) is 0 Å². The number of hydrogen-bond donors (Lipinski definition) is 2. The Morgan fingerprint density at radius 2 is 1.46 bits per heavy atom. The number of ketones is 1. The number of hydrogen-bond acceptors (Lipinski definition) is 7. The Hall–Kier alpha value is -4.73. The van der Waals surface area contributed by atoms with Crippen LogP contribution in [-0.2, 0) is 9.53 Å². The Balaban J connectivity index is 1.38. The number of ether oxygens (including phenoxy) is 3. The fourth-order valence-electron chi connectivity index (χ4n) is 3.28. The van der Waals surface area contributed by atoms with Crippen LogP contribution in [0.25, 0.3) is 0 Å². The maximum atomic E-state index is 13.6. The molecule has 0 atom stereocenters. The summed E-state index contributed by atoms with van der Waals surface area (Å²) in [5, 5.41) is 0. The predicted molar refractivity (Wildman–Crippen MR) is 120 cm³/mol. The first-order valence-electron chi connectivity index (χ1n) is 10.5. The molecular weight excluding hydrogens is 459 g/mol. The van der Waals surface area contributed by atoms with Crippen LogP contribution in [-0.4, -0.2) is 43.4 Å². The zero-order valence-electron chi connectivity index (χ0n) is 18.2. The van der Waals surface area contributed by atoms with E-state index in [1.165, 1.54) is 36.4 Å². The van der Waals surface area contributed by atoms with Gasteiger partial charge in [-0.1, -0.05) is 30.3 Å². The highest BCUT2D eigenvalue weighted by Gasteiger charge is 2.22. The summed E-state index contributed by atoms with van der Waals surface area (Å²) >= 11 is 0. The van der Waals surface area contributed by atoms with Gasteiger partial charge in [-0.3, -0.25) is 25.2 Å². The molecule has 178 valence electrons. The molecule has 0 aromatic heterocycles. The third-order valence-corrected chi connectivity index (χ3v) is 4.96. The molecule has 0 spiro atoms. The number of halogens is 1. The second-order valence-electron chi connectivity index (χ2n) is 7.29. The molecule has 35 heavy (non-hydrogen) atoms. The Bertz CT molecular complexity index is 1310. The summed E-state index contributed by atoms with van der Waals surface area (Å²) < 4.78 is 29.6. The molecule has 1 heterocycles. The first-order valence-corrected chi connectivity index (χ1v) is 10.5. The van der Waals surface area contributed by atoms with E-state index in [-0.39, 0.29) is 22.3 Å². The van der Waals surface area contributed by atoms with Gasteiger partial charge in [-0.2, -0.15) is 0 Å². The molecule has 0 saturated heterocycles. The lowest BCUT2D eigenvalue weighted by atomic mass is 9.98. The molecule has 2 N–H and O–H groups in total. The van der Waals surface area contributed by atoms with Crippen LogP contribution in [0.5, 0.6) is 11.5 Å². The van der Waals surface area contributed by atoms with Crippen molar-refractivity contribution in [2.75, 3.05) is 19.8 Å². The van der Waals surface area contributed by atoms with Crippen LogP contribution in [0, 0.1) is 5.82 Å². The molecule has 4 rings (SSSR count).